The Morgan fingerprint density at radius 3 is 2.44 bits per heavy atom. The molecule has 0 heterocycles. The molecule has 1 unspecified atom stereocenters. The average Bonchev–Trinajstić information content (AvgIpc) is 2.31. The molecule has 2 nitrogen and oxygen atoms in total. The van der Waals surface area contributed by atoms with E-state index in [-0.39, 0.29) is 5.25 Å². The van der Waals surface area contributed by atoms with Crippen LogP contribution in [0.5, 0.6) is 0 Å². The first-order chi connectivity index (χ1) is 7.60. The zero-order valence-electron chi connectivity index (χ0n) is 9.39. The van der Waals surface area contributed by atoms with Crippen molar-refractivity contribution in [2.75, 3.05) is 0 Å². The van der Waals surface area contributed by atoms with Crippen LogP contribution in [0.3, 0.4) is 0 Å². The lowest BCUT2D eigenvalue weighted by Gasteiger charge is -2.20. The van der Waals surface area contributed by atoms with Crippen molar-refractivity contribution in [1.29, 1.82) is 0 Å². The first-order valence-corrected chi connectivity index (χ1v) is 7.10. The first kappa shape index (κ1) is 11.4. The van der Waals surface area contributed by atoms with Crippen LogP contribution in [0.2, 0.25) is 0 Å². The molecule has 1 aromatic carbocycles. The van der Waals surface area contributed by atoms with Gasteiger partial charge >= 0.3 is 0 Å². The molecular weight excluding hydrogens is 220 g/mol. The topological polar surface area (TPSA) is 34.1 Å². The summed E-state index contributed by atoms with van der Waals surface area (Å²) < 4.78 is 24.5. The maximum Gasteiger partial charge on any atom is 0.181 e. The predicted octanol–water partition coefficient (Wildman–Crippen LogP) is 2.96. The van der Waals surface area contributed by atoms with Gasteiger partial charge in [-0.15, -0.1) is 0 Å². The molecule has 0 aliphatic heterocycles. The number of hydrogen-bond acceptors (Lipinski definition) is 2. The van der Waals surface area contributed by atoms with E-state index in [1.54, 1.807) is 24.3 Å². The highest BCUT2D eigenvalue weighted by atomic mass is 32.2. The van der Waals surface area contributed by atoms with E-state index >= 15 is 0 Å². The summed E-state index contributed by atoms with van der Waals surface area (Å²) >= 11 is 0. The summed E-state index contributed by atoms with van der Waals surface area (Å²) in [5.41, 5.74) is 1.31. The summed E-state index contributed by atoms with van der Waals surface area (Å²) in [6, 6.07) is 8.75. The van der Waals surface area contributed by atoms with E-state index in [1.807, 2.05) is 6.07 Å². The number of rotatable bonds is 2. The highest BCUT2D eigenvalue weighted by Gasteiger charge is 2.27. The third-order valence-electron chi connectivity index (χ3n) is 3.10. The van der Waals surface area contributed by atoms with Gasteiger partial charge in [0.05, 0.1) is 10.1 Å². The van der Waals surface area contributed by atoms with Crippen LogP contribution in [-0.2, 0) is 9.84 Å². The molecule has 2 rings (SSSR count). The third-order valence-corrected chi connectivity index (χ3v) is 5.34. The Hall–Kier alpha value is -1.09. The van der Waals surface area contributed by atoms with E-state index in [4.69, 9.17) is 0 Å². The molecule has 1 aromatic rings. The fraction of sp³-hybridized carbons (Fsp3) is 0.385. The normalized spacial score (nSPS) is 21.6. The number of benzene rings is 1. The molecule has 0 N–H and O–H groups in total. The molecule has 0 saturated carbocycles. The molecule has 0 amide bonds. The number of allylic oxidation sites excluding steroid dienone is 2. The molecule has 1 aliphatic rings. The van der Waals surface area contributed by atoms with Crippen molar-refractivity contribution in [3.05, 3.63) is 42.0 Å². The largest absolute Gasteiger partial charge is 0.223 e. The highest BCUT2D eigenvalue weighted by Crippen LogP contribution is 2.27. The van der Waals surface area contributed by atoms with E-state index in [0.717, 1.165) is 12.8 Å². The number of hydrogen-bond donors (Lipinski definition) is 0. The third kappa shape index (κ3) is 2.19. The Morgan fingerprint density at radius 1 is 1.19 bits per heavy atom. The van der Waals surface area contributed by atoms with Crippen molar-refractivity contribution >= 4 is 9.84 Å². The second kappa shape index (κ2) is 4.42. The lowest BCUT2D eigenvalue weighted by atomic mass is 10.0. The van der Waals surface area contributed by atoms with Crippen LogP contribution in [0.15, 0.2) is 46.9 Å². The fourth-order valence-electron chi connectivity index (χ4n) is 2.03. The van der Waals surface area contributed by atoms with Crippen molar-refractivity contribution < 1.29 is 8.42 Å². The quantitative estimate of drug-likeness (QED) is 0.740. The van der Waals surface area contributed by atoms with Crippen LogP contribution < -0.4 is 0 Å². The van der Waals surface area contributed by atoms with Gasteiger partial charge < -0.3 is 0 Å². The van der Waals surface area contributed by atoms with Crippen molar-refractivity contribution in [3.63, 3.8) is 0 Å². The molecular formula is C13H16O2S. The minimum Gasteiger partial charge on any atom is -0.223 e. The van der Waals surface area contributed by atoms with Crippen LogP contribution >= 0.6 is 0 Å². The van der Waals surface area contributed by atoms with Gasteiger partial charge in [0.1, 0.15) is 0 Å². The Kier molecular flexibility index (Phi) is 3.15. The maximum atomic E-state index is 12.3. The second-order valence-electron chi connectivity index (χ2n) is 4.30. The summed E-state index contributed by atoms with van der Waals surface area (Å²) in [6.45, 7) is 2.06. The van der Waals surface area contributed by atoms with Crippen molar-refractivity contribution in [2.45, 2.75) is 36.3 Å². The Balaban J connectivity index is 2.28. The zero-order valence-corrected chi connectivity index (χ0v) is 10.2. The van der Waals surface area contributed by atoms with Crippen LogP contribution in [0.25, 0.3) is 0 Å². The smallest absolute Gasteiger partial charge is 0.181 e. The van der Waals surface area contributed by atoms with Gasteiger partial charge in [-0.3, -0.25) is 0 Å². The summed E-state index contributed by atoms with van der Waals surface area (Å²) in [5, 5.41) is -0.237. The van der Waals surface area contributed by atoms with Crippen molar-refractivity contribution in [3.8, 4) is 0 Å². The lowest BCUT2D eigenvalue weighted by Crippen LogP contribution is -2.23. The van der Waals surface area contributed by atoms with E-state index in [2.05, 4.69) is 13.0 Å². The first-order valence-electron chi connectivity index (χ1n) is 5.55. The van der Waals surface area contributed by atoms with Gasteiger partial charge in [-0.2, -0.15) is 0 Å². The monoisotopic (exact) mass is 236 g/mol. The Bertz CT molecular complexity index is 486. The minimum atomic E-state index is -3.13. The van der Waals surface area contributed by atoms with Crippen LogP contribution in [0, 0.1) is 0 Å². The molecule has 0 bridgehead atoms. The second-order valence-corrected chi connectivity index (χ2v) is 6.53. The van der Waals surface area contributed by atoms with Crippen LogP contribution in [0.1, 0.15) is 26.2 Å². The zero-order chi connectivity index (χ0) is 11.6. The fourth-order valence-corrected chi connectivity index (χ4v) is 3.72. The van der Waals surface area contributed by atoms with E-state index in [1.165, 1.54) is 5.57 Å². The van der Waals surface area contributed by atoms with Gasteiger partial charge in [0.15, 0.2) is 9.84 Å². The number of sulfone groups is 1. The maximum absolute atomic E-state index is 12.3. The van der Waals surface area contributed by atoms with E-state index in [9.17, 15) is 8.42 Å². The molecule has 16 heavy (non-hydrogen) atoms. The van der Waals surface area contributed by atoms with E-state index < -0.39 is 9.84 Å². The lowest BCUT2D eigenvalue weighted by molar-refractivity contribution is 0.565. The average molecular weight is 236 g/mol. The van der Waals surface area contributed by atoms with Gasteiger partial charge in [-0.1, -0.05) is 29.8 Å². The summed E-state index contributed by atoms with van der Waals surface area (Å²) in [4.78, 5) is 0.452. The molecule has 0 saturated heterocycles. The predicted molar refractivity (Wildman–Crippen MR) is 65.0 cm³/mol. The van der Waals surface area contributed by atoms with Crippen molar-refractivity contribution in [1.82, 2.24) is 0 Å². The molecule has 0 spiro atoms. The molecule has 86 valence electrons. The molecule has 0 aromatic heterocycles. The van der Waals surface area contributed by atoms with E-state index in [0.29, 0.717) is 11.3 Å². The van der Waals surface area contributed by atoms with Gasteiger partial charge in [-0.05, 0) is 38.3 Å². The summed E-state index contributed by atoms with van der Waals surface area (Å²) in [7, 11) is -3.13. The van der Waals surface area contributed by atoms with Gasteiger partial charge in [0.2, 0.25) is 0 Å². The van der Waals surface area contributed by atoms with Gasteiger partial charge in [-0.25, -0.2) is 8.42 Å². The highest BCUT2D eigenvalue weighted by molar-refractivity contribution is 7.92. The van der Waals surface area contributed by atoms with Crippen LogP contribution in [0.4, 0.5) is 0 Å². The summed E-state index contributed by atoms with van der Waals surface area (Å²) in [6.07, 6.45) is 4.36. The van der Waals surface area contributed by atoms with Gasteiger partial charge in [0, 0.05) is 0 Å². The molecule has 0 fully saturated rings. The summed E-state index contributed by atoms with van der Waals surface area (Å²) in [5.74, 6) is 0. The standard InChI is InChI=1S/C13H16O2S/c1-11-7-9-13(10-8-11)16(14,15)12-5-3-2-4-6-12/h2-7,13H,8-10H2,1H3. The Morgan fingerprint density at radius 2 is 1.88 bits per heavy atom. The van der Waals surface area contributed by atoms with Crippen LogP contribution in [-0.4, -0.2) is 13.7 Å². The minimum absolute atomic E-state index is 0.237. The molecule has 0 radical (unpaired) electrons. The van der Waals surface area contributed by atoms with Crippen molar-refractivity contribution in [2.24, 2.45) is 0 Å². The molecule has 3 heteroatoms. The molecule has 1 aliphatic carbocycles. The molecule has 1 atom stereocenters. The SMILES string of the molecule is CC1=CCC(S(=O)(=O)c2ccccc2)CC1. The van der Waals surface area contributed by atoms with Gasteiger partial charge in [0.25, 0.3) is 0 Å². The Labute approximate surface area is 96.9 Å².